The summed E-state index contributed by atoms with van der Waals surface area (Å²) in [6, 6.07) is 4.25. The van der Waals surface area contributed by atoms with Gasteiger partial charge in [-0.05, 0) is 28.1 Å². The minimum Gasteiger partial charge on any atom is -0.378 e. The van der Waals surface area contributed by atoms with Gasteiger partial charge in [0.2, 0.25) is 0 Å². The van der Waals surface area contributed by atoms with Gasteiger partial charge in [-0.3, -0.25) is 0 Å². The molecule has 0 bridgehead atoms. The lowest BCUT2D eigenvalue weighted by molar-refractivity contribution is 0.122. The number of pyridine rings is 1. The van der Waals surface area contributed by atoms with E-state index in [1.54, 1.807) is 0 Å². The highest BCUT2D eigenvalue weighted by atomic mass is 79.9. The van der Waals surface area contributed by atoms with Crippen molar-refractivity contribution in [2.24, 2.45) is 0 Å². The van der Waals surface area contributed by atoms with E-state index in [1.165, 1.54) is 5.69 Å². The van der Waals surface area contributed by atoms with Crippen molar-refractivity contribution >= 4 is 27.1 Å². The van der Waals surface area contributed by atoms with Crippen molar-refractivity contribution in [2.45, 2.75) is 0 Å². The van der Waals surface area contributed by atoms with Gasteiger partial charge < -0.3 is 9.64 Å². The van der Waals surface area contributed by atoms with Gasteiger partial charge >= 0.3 is 0 Å². The summed E-state index contributed by atoms with van der Waals surface area (Å²) >= 11 is 3.50. The summed E-state index contributed by atoms with van der Waals surface area (Å²) in [5, 5.41) is 4.23. The summed E-state index contributed by atoms with van der Waals surface area (Å²) in [6.07, 6.45) is 3.81. The smallest absolute Gasteiger partial charge is 0.0824 e. The zero-order valence-electron chi connectivity index (χ0n) is 8.77. The first-order valence-electron chi connectivity index (χ1n) is 5.30. The summed E-state index contributed by atoms with van der Waals surface area (Å²) in [5.74, 6) is 0. The Kier molecular flexibility index (Phi) is 2.57. The Bertz CT molecular complexity index is 505. The molecule has 0 spiro atoms. The molecule has 3 heterocycles. The average molecular weight is 282 g/mol. The number of nitrogens with zero attached hydrogens (tertiary/aromatic N) is 3. The van der Waals surface area contributed by atoms with E-state index in [2.05, 4.69) is 38.1 Å². The van der Waals surface area contributed by atoms with E-state index in [4.69, 9.17) is 4.74 Å². The number of fused-ring (bicyclic) bond motifs is 1. The van der Waals surface area contributed by atoms with Crippen LogP contribution in [0.1, 0.15) is 0 Å². The van der Waals surface area contributed by atoms with Gasteiger partial charge in [-0.15, -0.1) is 0 Å². The molecule has 0 saturated carbocycles. The third-order valence-electron chi connectivity index (χ3n) is 2.83. The second kappa shape index (κ2) is 4.07. The summed E-state index contributed by atoms with van der Waals surface area (Å²) in [6.45, 7) is 3.54. The normalized spacial score (nSPS) is 16.9. The van der Waals surface area contributed by atoms with Gasteiger partial charge in [0.05, 0.1) is 29.4 Å². The molecule has 0 atom stereocenters. The molecule has 4 nitrogen and oxygen atoms in total. The van der Waals surface area contributed by atoms with E-state index >= 15 is 0 Å². The predicted octanol–water partition coefficient (Wildman–Crippen LogP) is 1.93. The van der Waals surface area contributed by atoms with E-state index in [0.717, 1.165) is 36.3 Å². The van der Waals surface area contributed by atoms with Crippen molar-refractivity contribution in [3.63, 3.8) is 0 Å². The van der Waals surface area contributed by atoms with E-state index in [-0.39, 0.29) is 0 Å². The van der Waals surface area contributed by atoms with Gasteiger partial charge in [0.25, 0.3) is 0 Å². The van der Waals surface area contributed by atoms with Crippen molar-refractivity contribution < 1.29 is 4.74 Å². The molecule has 2 aromatic rings. The van der Waals surface area contributed by atoms with Crippen LogP contribution in [0.25, 0.3) is 5.52 Å². The van der Waals surface area contributed by atoms with E-state index in [1.807, 2.05) is 16.9 Å². The maximum absolute atomic E-state index is 5.35. The molecular formula is C11H12BrN3O. The molecule has 0 aliphatic carbocycles. The predicted molar refractivity (Wildman–Crippen MR) is 65.9 cm³/mol. The highest BCUT2D eigenvalue weighted by molar-refractivity contribution is 9.10. The number of anilines is 1. The summed E-state index contributed by atoms with van der Waals surface area (Å²) < 4.78 is 8.25. The number of morpholine rings is 1. The second-order valence-electron chi connectivity index (χ2n) is 3.81. The number of hydrogen-bond acceptors (Lipinski definition) is 3. The average Bonchev–Trinajstić information content (AvgIpc) is 2.72. The number of ether oxygens (including phenoxy) is 1. The molecule has 3 rings (SSSR count). The molecule has 16 heavy (non-hydrogen) atoms. The number of halogens is 1. The third-order valence-corrected chi connectivity index (χ3v) is 3.45. The minimum atomic E-state index is 0.811. The van der Waals surface area contributed by atoms with Gasteiger partial charge in [0.1, 0.15) is 0 Å². The fourth-order valence-electron chi connectivity index (χ4n) is 1.96. The van der Waals surface area contributed by atoms with Crippen LogP contribution in [0.15, 0.2) is 29.0 Å². The molecule has 1 saturated heterocycles. The van der Waals surface area contributed by atoms with Gasteiger partial charge in [-0.1, -0.05) is 0 Å². The Balaban J connectivity index is 1.99. The van der Waals surface area contributed by atoms with Gasteiger partial charge in [0, 0.05) is 25.0 Å². The Hall–Kier alpha value is -1.07. The lowest BCUT2D eigenvalue weighted by Crippen LogP contribution is -2.36. The largest absolute Gasteiger partial charge is 0.378 e. The van der Waals surface area contributed by atoms with Gasteiger partial charge in [0.15, 0.2) is 0 Å². The first-order chi connectivity index (χ1) is 7.84. The van der Waals surface area contributed by atoms with Crippen LogP contribution in [-0.4, -0.2) is 35.9 Å². The third kappa shape index (κ3) is 1.70. The maximum Gasteiger partial charge on any atom is 0.0824 e. The van der Waals surface area contributed by atoms with Crippen LogP contribution in [0.3, 0.4) is 0 Å². The molecule has 0 aromatic carbocycles. The van der Waals surface area contributed by atoms with Crippen LogP contribution >= 0.6 is 15.9 Å². The highest BCUT2D eigenvalue weighted by Crippen LogP contribution is 2.23. The molecule has 84 valence electrons. The summed E-state index contributed by atoms with van der Waals surface area (Å²) in [5.41, 5.74) is 2.33. The molecule has 0 radical (unpaired) electrons. The first-order valence-corrected chi connectivity index (χ1v) is 6.09. The van der Waals surface area contributed by atoms with Crippen molar-refractivity contribution in [2.75, 3.05) is 31.2 Å². The molecule has 1 aliphatic heterocycles. The number of rotatable bonds is 1. The van der Waals surface area contributed by atoms with Crippen molar-refractivity contribution in [3.8, 4) is 0 Å². The Morgan fingerprint density at radius 2 is 2.12 bits per heavy atom. The Labute approximate surface area is 102 Å². The first kappa shape index (κ1) is 10.1. The SMILES string of the molecule is Brc1cnn2ccc(N3CCOCC3)cc12. The van der Waals surface area contributed by atoms with Crippen LogP contribution in [0.2, 0.25) is 0 Å². The summed E-state index contributed by atoms with van der Waals surface area (Å²) in [4.78, 5) is 2.34. The monoisotopic (exact) mass is 281 g/mol. The van der Waals surface area contributed by atoms with Gasteiger partial charge in [-0.2, -0.15) is 5.10 Å². The van der Waals surface area contributed by atoms with Crippen LogP contribution in [0.5, 0.6) is 0 Å². The van der Waals surface area contributed by atoms with E-state index in [0.29, 0.717) is 0 Å². The Morgan fingerprint density at radius 1 is 1.31 bits per heavy atom. The van der Waals surface area contributed by atoms with E-state index < -0.39 is 0 Å². The zero-order valence-corrected chi connectivity index (χ0v) is 10.4. The van der Waals surface area contributed by atoms with Gasteiger partial charge in [-0.25, -0.2) is 4.52 Å². The molecule has 0 unspecified atom stereocenters. The number of aromatic nitrogens is 2. The van der Waals surface area contributed by atoms with Crippen molar-refractivity contribution in [1.82, 2.24) is 9.61 Å². The lowest BCUT2D eigenvalue weighted by atomic mass is 10.3. The molecule has 0 amide bonds. The standard InChI is InChI=1S/C11H12BrN3O/c12-10-8-13-15-2-1-9(7-11(10)15)14-3-5-16-6-4-14/h1-2,7-8H,3-6H2. The van der Waals surface area contributed by atoms with E-state index in [9.17, 15) is 0 Å². The number of hydrogen-bond donors (Lipinski definition) is 0. The van der Waals surface area contributed by atoms with Crippen LogP contribution in [-0.2, 0) is 4.74 Å². The topological polar surface area (TPSA) is 29.8 Å². The molecule has 5 heteroatoms. The molecule has 1 aliphatic rings. The van der Waals surface area contributed by atoms with Crippen LogP contribution in [0, 0.1) is 0 Å². The van der Waals surface area contributed by atoms with Crippen LogP contribution in [0.4, 0.5) is 5.69 Å². The van der Waals surface area contributed by atoms with Crippen molar-refractivity contribution in [1.29, 1.82) is 0 Å². The minimum absolute atomic E-state index is 0.811. The lowest BCUT2D eigenvalue weighted by Gasteiger charge is -2.28. The summed E-state index contributed by atoms with van der Waals surface area (Å²) in [7, 11) is 0. The fraction of sp³-hybridized carbons (Fsp3) is 0.364. The van der Waals surface area contributed by atoms with Crippen LogP contribution < -0.4 is 4.90 Å². The Morgan fingerprint density at radius 3 is 2.94 bits per heavy atom. The quantitative estimate of drug-likeness (QED) is 0.800. The molecular weight excluding hydrogens is 270 g/mol. The maximum atomic E-state index is 5.35. The fourth-order valence-corrected chi connectivity index (χ4v) is 2.35. The second-order valence-corrected chi connectivity index (χ2v) is 4.66. The molecule has 0 N–H and O–H groups in total. The zero-order chi connectivity index (χ0) is 11.0. The van der Waals surface area contributed by atoms with Crippen molar-refractivity contribution in [3.05, 3.63) is 29.0 Å². The highest BCUT2D eigenvalue weighted by Gasteiger charge is 2.12. The molecule has 1 fully saturated rings. The molecule has 2 aromatic heterocycles.